The highest BCUT2D eigenvalue weighted by Gasteiger charge is 2.24. The molecule has 1 aliphatic carbocycles. The van der Waals surface area contributed by atoms with E-state index in [1.54, 1.807) is 24.3 Å². The van der Waals surface area contributed by atoms with Crippen molar-refractivity contribution in [1.82, 2.24) is 10.3 Å². The Kier molecular flexibility index (Phi) is 6.34. The SMILES string of the molecule is N#Cc1ccc(OCCNC(=O)c2cc(Cl)ncc2Oc2cccc(C3CC3)c2)cc1. The van der Waals surface area contributed by atoms with Crippen LogP contribution in [0.25, 0.3) is 0 Å². The number of nitriles is 1. The van der Waals surface area contributed by atoms with E-state index in [-0.39, 0.29) is 24.2 Å². The number of ether oxygens (including phenoxy) is 2. The summed E-state index contributed by atoms with van der Waals surface area (Å²) in [4.78, 5) is 16.8. The summed E-state index contributed by atoms with van der Waals surface area (Å²) in [5, 5.41) is 11.8. The molecule has 0 saturated heterocycles. The largest absolute Gasteiger partial charge is 0.492 e. The van der Waals surface area contributed by atoms with Gasteiger partial charge in [0.2, 0.25) is 0 Å². The first-order valence-electron chi connectivity index (χ1n) is 9.97. The van der Waals surface area contributed by atoms with Crippen LogP contribution in [0.15, 0.2) is 60.8 Å². The lowest BCUT2D eigenvalue weighted by atomic mass is 10.1. The summed E-state index contributed by atoms with van der Waals surface area (Å²) >= 11 is 6.01. The summed E-state index contributed by atoms with van der Waals surface area (Å²) in [6, 6.07) is 18.2. The highest BCUT2D eigenvalue weighted by atomic mass is 35.5. The Morgan fingerprint density at radius 1 is 1.16 bits per heavy atom. The smallest absolute Gasteiger partial charge is 0.255 e. The molecule has 3 aromatic rings. The van der Waals surface area contributed by atoms with E-state index in [4.69, 9.17) is 26.3 Å². The number of halogens is 1. The van der Waals surface area contributed by atoms with E-state index in [0.717, 1.165) is 0 Å². The average Bonchev–Trinajstić information content (AvgIpc) is 3.64. The molecule has 0 bridgehead atoms. The first-order chi connectivity index (χ1) is 15.1. The lowest BCUT2D eigenvalue weighted by Gasteiger charge is -2.13. The van der Waals surface area contributed by atoms with Gasteiger partial charge in [0.25, 0.3) is 5.91 Å². The van der Waals surface area contributed by atoms with Gasteiger partial charge < -0.3 is 14.8 Å². The van der Waals surface area contributed by atoms with E-state index in [0.29, 0.717) is 34.3 Å². The minimum absolute atomic E-state index is 0.207. The number of pyridine rings is 1. The van der Waals surface area contributed by atoms with Crippen LogP contribution in [0.2, 0.25) is 5.15 Å². The molecular formula is C24H20ClN3O3. The average molecular weight is 434 g/mol. The third kappa shape index (κ3) is 5.53. The highest BCUT2D eigenvalue weighted by Crippen LogP contribution is 2.41. The van der Waals surface area contributed by atoms with Gasteiger partial charge in [0.05, 0.1) is 29.9 Å². The Hall–Kier alpha value is -3.56. The van der Waals surface area contributed by atoms with Crippen molar-refractivity contribution in [1.29, 1.82) is 5.26 Å². The topological polar surface area (TPSA) is 84.2 Å². The fourth-order valence-corrected chi connectivity index (χ4v) is 3.26. The van der Waals surface area contributed by atoms with Crippen molar-refractivity contribution >= 4 is 17.5 Å². The number of aromatic nitrogens is 1. The molecule has 1 heterocycles. The molecule has 156 valence electrons. The van der Waals surface area contributed by atoms with Crippen molar-refractivity contribution in [2.45, 2.75) is 18.8 Å². The maximum atomic E-state index is 12.7. The number of nitrogens with zero attached hydrogens (tertiary/aromatic N) is 2. The van der Waals surface area contributed by atoms with E-state index < -0.39 is 0 Å². The summed E-state index contributed by atoms with van der Waals surface area (Å²) in [5.41, 5.74) is 2.10. The Bertz CT molecular complexity index is 1120. The van der Waals surface area contributed by atoms with Crippen molar-refractivity contribution in [2.24, 2.45) is 0 Å². The minimum atomic E-state index is -0.332. The molecular weight excluding hydrogens is 414 g/mol. The zero-order valence-electron chi connectivity index (χ0n) is 16.7. The van der Waals surface area contributed by atoms with Crippen LogP contribution in [0.1, 0.15) is 40.2 Å². The molecule has 1 N–H and O–H groups in total. The predicted octanol–water partition coefficient (Wildman–Crippen LogP) is 5.09. The Balaban J connectivity index is 1.37. The molecule has 0 spiro atoms. The van der Waals surface area contributed by atoms with Crippen LogP contribution in [0.3, 0.4) is 0 Å². The van der Waals surface area contributed by atoms with Gasteiger partial charge >= 0.3 is 0 Å². The number of benzene rings is 2. The molecule has 0 radical (unpaired) electrons. The number of amides is 1. The van der Waals surface area contributed by atoms with E-state index >= 15 is 0 Å². The molecule has 1 fully saturated rings. The van der Waals surface area contributed by atoms with E-state index in [1.165, 1.54) is 30.7 Å². The number of rotatable bonds is 8. The Labute approximate surface area is 185 Å². The van der Waals surface area contributed by atoms with Crippen LogP contribution < -0.4 is 14.8 Å². The zero-order valence-corrected chi connectivity index (χ0v) is 17.4. The summed E-state index contributed by atoms with van der Waals surface area (Å²) in [5.74, 6) is 1.89. The first kappa shape index (κ1) is 20.7. The monoisotopic (exact) mass is 433 g/mol. The molecule has 0 aliphatic heterocycles. The molecule has 1 aliphatic rings. The second-order valence-electron chi connectivity index (χ2n) is 7.19. The van der Waals surface area contributed by atoms with Crippen molar-refractivity contribution in [2.75, 3.05) is 13.2 Å². The summed E-state index contributed by atoms with van der Waals surface area (Å²) in [6.07, 6.45) is 3.85. The van der Waals surface area contributed by atoms with Gasteiger partial charge in [0.1, 0.15) is 23.3 Å². The first-order valence-corrected chi connectivity index (χ1v) is 10.3. The molecule has 1 amide bonds. The zero-order chi connectivity index (χ0) is 21.6. The molecule has 0 atom stereocenters. The number of nitrogens with one attached hydrogen (secondary N) is 1. The number of hydrogen-bond donors (Lipinski definition) is 1. The van der Waals surface area contributed by atoms with Crippen LogP contribution in [-0.4, -0.2) is 24.0 Å². The quantitative estimate of drug-likeness (QED) is 0.395. The maximum absolute atomic E-state index is 12.7. The van der Waals surface area contributed by atoms with E-state index in [2.05, 4.69) is 22.4 Å². The molecule has 4 rings (SSSR count). The summed E-state index contributed by atoms with van der Waals surface area (Å²) < 4.78 is 11.6. The molecule has 1 aromatic heterocycles. The minimum Gasteiger partial charge on any atom is -0.492 e. The number of hydrogen-bond acceptors (Lipinski definition) is 5. The van der Waals surface area contributed by atoms with Crippen LogP contribution in [0, 0.1) is 11.3 Å². The maximum Gasteiger partial charge on any atom is 0.255 e. The highest BCUT2D eigenvalue weighted by molar-refractivity contribution is 6.29. The fraction of sp³-hybridized carbons (Fsp3) is 0.208. The Morgan fingerprint density at radius 3 is 2.71 bits per heavy atom. The second kappa shape index (κ2) is 9.50. The van der Waals surface area contributed by atoms with Gasteiger partial charge in [-0.25, -0.2) is 4.98 Å². The second-order valence-corrected chi connectivity index (χ2v) is 7.58. The third-order valence-corrected chi connectivity index (χ3v) is 5.06. The summed E-state index contributed by atoms with van der Waals surface area (Å²) in [6.45, 7) is 0.561. The van der Waals surface area contributed by atoms with Gasteiger partial charge in [-0.3, -0.25) is 4.79 Å². The van der Waals surface area contributed by atoms with Gasteiger partial charge in [-0.15, -0.1) is 0 Å². The lowest BCUT2D eigenvalue weighted by Crippen LogP contribution is -2.28. The predicted molar refractivity (Wildman–Crippen MR) is 117 cm³/mol. The molecule has 1 saturated carbocycles. The van der Waals surface area contributed by atoms with Gasteiger partial charge in [0, 0.05) is 0 Å². The van der Waals surface area contributed by atoms with Gasteiger partial charge in [0.15, 0.2) is 5.75 Å². The molecule has 0 unspecified atom stereocenters. The van der Waals surface area contributed by atoms with Crippen molar-refractivity contribution < 1.29 is 14.3 Å². The third-order valence-electron chi connectivity index (χ3n) is 4.85. The van der Waals surface area contributed by atoms with Crippen LogP contribution in [0.5, 0.6) is 17.2 Å². The Morgan fingerprint density at radius 2 is 1.97 bits per heavy atom. The van der Waals surface area contributed by atoms with Crippen molar-refractivity contribution in [3.8, 4) is 23.3 Å². The molecule has 2 aromatic carbocycles. The molecule has 7 heteroatoms. The van der Waals surface area contributed by atoms with E-state index in [9.17, 15) is 4.79 Å². The number of carbonyl (C=O) groups excluding carboxylic acids is 1. The molecule has 31 heavy (non-hydrogen) atoms. The van der Waals surface area contributed by atoms with Crippen molar-refractivity contribution in [3.63, 3.8) is 0 Å². The van der Waals surface area contributed by atoms with Crippen molar-refractivity contribution in [3.05, 3.63) is 82.6 Å². The standard InChI is InChI=1S/C24H20ClN3O3/c25-23-13-21(24(29)27-10-11-30-19-8-4-16(14-26)5-9-19)22(15-28-23)31-20-3-1-2-18(12-20)17-6-7-17/h1-5,8-9,12-13,15,17H,6-7,10-11H2,(H,27,29). The lowest BCUT2D eigenvalue weighted by molar-refractivity contribution is 0.0944. The fourth-order valence-electron chi connectivity index (χ4n) is 3.11. The normalized spacial score (nSPS) is 12.6. The van der Waals surface area contributed by atoms with E-state index in [1.807, 2.05) is 18.2 Å². The van der Waals surface area contributed by atoms with Gasteiger partial charge in [-0.05, 0) is 66.8 Å². The van der Waals surface area contributed by atoms with Crippen LogP contribution in [0.4, 0.5) is 0 Å². The number of carbonyl (C=O) groups is 1. The van der Waals surface area contributed by atoms with Gasteiger partial charge in [-0.1, -0.05) is 23.7 Å². The van der Waals surface area contributed by atoms with Crippen LogP contribution in [-0.2, 0) is 0 Å². The summed E-state index contributed by atoms with van der Waals surface area (Å²) in [7, 11) is 0. The van der Waals surface area contributed by atoms with Gasteiger partial charge in [-0.2, -0.15) is 5.26 Å². The van der Waals surface area contributed by atoms with Crippen LogP contribution >= 0.6 is 11.6 Å². The molecule has 6 nitrogen and oxygen atoms in total.